The maximum Gasteiger partial charge on any atom is 0.326 e. The number of rotatable bonds is 5. The van der Waals surface area contributed by atoms with E-state index >= 15 is 0 Å². The predicted molar refractivity (Wildman–Crippen MR) is 87.9 cm³/mol. The molecule has 0 radical (unpaired) electrons. The number of amides is 3. The molecule has 0 spiro atoms. The quantitative estimate of drug-likeness (QED) is 0.787. The largest absolute Gasteiger partial charge is 0.454 e. The molecule has 1 heterocycles. The van der Waals surface area contributed by atoms with Crippen LogP contribution in [0.4, 0.5) is 10.5 Å². The Morgan fingerprint density at radius 2 is 1.92 bits per heavy atom. The first-order valence-electron chi connectivity index (χ1n) is 6.92. The van der Waals surface area contributed by atoms with Crippen LogP contribution in [0.15, 0.2) is 40.5 Å². The number of imide groups is 1. The molecular weight excluding hydrogens is 334 g/mol. The lowest BCUT2D eigenvalue weighted by Crippen LogP contribution is -2.37. The number of urea groups is 1. The summed E-state index contributed by atoms with van der Waals surface area (Å²) in [5.41, 5.74) is 1.15. The van der Waals surface area contributed by atoms with Gasteiger partial charge in [0.05, 0.1) is 0 Å². The molecule has 2 aromatic rings. The van der Waals surface area contributed by atoms with Crippen molar-refractivity contribution in [2.45, 2.75) is 13.5 Å². The van der Waals surface area contributed by atoms with Gasteiger partial charge in [-0.15, -0.1) is 0 Å². The standard InChI is InChI=1S/C15H15N3O5S/c1-10-9-24-15(22)18(10)7-13(20)23-8-12(19)17-14(21)16-11-5-3-2-4-6-11/h2-6,9H,7-8H2,1H3,(H2,16,17,19,21). The fourth-order valence-electron chi connectivity index (χ4n) is 1.76. The third kappa shape index (κ3) is 5.06. The zero-order valence-electron chi connectivity index (χ0n) is 12.8. The van der Waals surface area contributed by atoms with Crippen molar-refractivity contribution in [3.63, 3.8) is 0 Å². The van der Waals surface area contributed by atoms with E-state index in [0.29, 0.717) is 11.4 Å². The third-order valence-electron chi connectivity index (χ3n) is 2.91. The second kappa shape index (κ2) is 8.06. The summed E-state index contributed by atoms with van der Waals surface area (Å²) in [7, 11) is 0. The van der Waals surface area contributed by atoms with Gasteiger partial charge in [-0.2, -0.15) is 0 Å². The van der Waals surface area contributed by atoms with Crippen molar-refractivity contribution >= 4 is 34.9 Å². The maximum absolute atomic E-state index is 11.6. The van der Waals surface area contributed by atoms with E-state index in [1.165, 1.54) is 4.57 Å². The lowest BCUT2D eigenvalue weighted by atomic mass is 10.3. The molecule has 9 heteroatoms. The molecule has 2 rings (SSSR count). The van der Waals surface area contributed by atoms with Crippen molar-refractivity contribution in [2.75, 3.05) is 11.9 Å². The van der Waals surface area contributed by atoms with Gasteiger partial charge < -0.3 is 10.1 Å². The van der Waals surface area contributed by atoms with Gasteiger partial charge in [0.25, 0.3) is 5.91 Å². The molecule has 0 fully saturated rings. The second-order valence-corrected chi connectivity index (χ2v) is 5.58. The third-order valence-corrected chi connectivity index (χ3v) is 3.79. The van der Waals surface area contributed by atoms with Crippen LogP contribution in [0.2, 0.25) is 0 Å². The Kier molecular flexibility index (Phi) is 5.85. The smallest absolute Gasteiger partial charge is 0.326 e. The van der Waals surface area contributed by atoms with E-state index in [4.69, 9.17) is 4.74 Å². The van der Waals surface area contributed by atoms with Crippen LogP contribution in [0.1, 0.15) is 5.69 Å². The minimum absolute atomic E-state index is 0.280. The Hall–Kier alpha value is -2.94. The Balaban J connectivity index is 1.75. The monoisotopic (exact) mass is 349 g/mol. The molecule has 2 N–H and O–H groups in total. The molecule has 126 valence electrons. The molecule has 1 aromatic heterocycles. The molecule has 0 atom stereocenters. The number of nitrogens with zero attached hydrogens (tertiary/aromatic N) is 1. The van der Waals surface area contributed by atoms with Crippen LogP contribution in [0.25, 0.3) is 0 Å². The highest BCUT2D eigenvalue weighted by molar-refractivity contribution is 7.07. The van der Waals surface area contributed by atoms with Crippen LogP contribution in [0, 0.1) is 6.92 Å². The summed E-state index contributed by atoms with van der Waals surface area (Å²) in [5.74, 6) is -1.51. The van der Waals surface area contributed by atoms with Crippen LogP contribution in [0.3, 0.4) is 0 Å². The summed E-state index contributed by atoms with van der Waals surface area (Å²) in [5, 5.41) is 6.11. The minimum atomic E-state index is -0.772. The number of anilines is 1. The van der Waals surface area contributed by atoms with Crippen LogP contribution in [0.5, 0.6) is 0 Å². The molecule has 0 saturated heterocycles. The van der Waals surface area contributed by atoms with Gasteiger partial charge in [-0.3, -0.25) is 24.3 Å². The van der Waals surface area contributed by atoms with Gasteiger partial charge in [0, 0.05) is 16.8 Å². The molecule has 0 saturated carbocycles. The molecule has 0 aliphatic carbocycles. The number of thiazole rings is 1. The first kappa shape index (κ1) is 17.4. The highest BCUT2D eigenvalue weighted by atomic mass is 32.1. The number of carbonyl (C=O) groups excluding carboxylic acids is 3. The molecular formula is C15H15N3O5S. The number of hydrogen-bond acceptors (Lipinski definition) is 6. The molecule has 8 nitrogen and oxygen atoms in total. The van der Waals surface area contributed by atoms with E-state index < -0.39 is 24.5 Å². The zero-order valence-corrected chi connectivity index (χ0v) is 13.6. The van der Waals surface area contributed by atoms with Gasteiger partial charge in [0.15, 0.2) is 6.61 Å². The van der Waals surface area contributed by atoms with E-state index in [1.54, 1.807) is 42.6 Å². The number of aryl methyl sites for hydroxylation is 1. The Labute approximate surface area is 141 Å². The van der Waals surface area contributed by atoms with Crippen LogP contribution < -0.4 is 15.5 Å². The van der Waals surface area contributed by atoms with E-state index in [2.05, 4.69) is 5.32 Å². The van der Waals surface area contributed by atoms with Crippen molar-refractivity contribution in [3.8, 4) is 0 Å². The van der Waals surface area contributed by atoms with Crippen molar-refractivity contribution in [2.24, 2.45) is 0 Å². The average molecular weight is 349 g/mol. The van der Waals surface area contributed by atoms with Gasteiger partial charge in [0.2, 0.25) is 0 Å². The van der Waals surface area contributed by atoms with Gasteiger partial charge in [-0.1, -0.05) is 29.5 Å². The Morgan fingerprint density at radius 3 is 2.54 bits per heavy atom. The Bertz CT molecular complexity index is 797. The van der Waals surface area contributed by atoms with E-state index in [0.717, 1.165) is 11.3 Å². The zero-order chi connectivity index (χ0) is 17.5. The van der Waals surface area contributed by atoms with Gasteiger partial charge in [-0.05, 0) is 19.1 Å². The van der Waals surface area contributed by atoms with Crippen molar-refractivity contribution in [1.29, 1.82) is 0 Å². The van der Waals surface area contributed by atoms with Crippen molar-refractivity contribution < 1.29 is 19.1 Å². The summed E-state index contributed by atoms with van der Waals surface area (Å²) in [6, 6.07) is 7.83. The van der Waals surface area contributed by atoms with E-state index in [9.17, 15) is 19.2 Å². The minimum Gasteiger partial charge on any atom is -0.454 e. The highest BCUT2D eigenvalue weighted by Gasteiger charge is 2.13. The molecule has 3 amide bonds. The van der Waals surface area contributed by atoms with Crippen molar-refractivity contribution in [1.82, 2.24) is 9.88 Å². The van der Waals surface area contributed by atoms with Crippen LogP contribution in [-0.2, 0) is 20.9 Å². The van der Waals surface area contributed by atoms with E-state index in [-0.39, 0.29) is 11.4 Å². The van der Waals surface area contributed by atoms with E-state index in [1.807, 2.05) is 5.32 Å². The molecule has 24 heavy (non-hydrogen) atoms. The summed E-state index contributed by atoms with van der Waals surface area (Å²) in [6.07, 6.45) is 0. The fourth-order valence-corrected chi connectivity index (χ4v) is 2.50. The first-order valence-corrected chi connectivity index (χ1v) is 7.80. The maximum atomic E-state index is 11.6. The SMILES string of the molecule is Cc1csc(=O)n1CC(=O)OCC(=O)NC(=O)Nc1ccccc1. The molecule has 0 aliphatic rings. The van der Waals surface area contributed by atoms with Crippen LogP contribution >= 0.6 is 11.3 Å². The lowest BCUT2D eigenvalue weighted by Gasteiger charge is -2.08. The Morgan fingerprint density at radius 1 is 1.21 bits per heavy atom. The number of aromatic nitrogens is 1. The highest BCUT2D eigenvalue weighted by Crippen LogP contribution is 2.04. The second-order valence-electron chi connectivity index (χ2n) is 4.76. The first-order chi connectivity index (χ1) is 11.5. The van der Waals surface area contributed by atoms with Crippen LogP contribution in [-0.4, -0.2) is 29.1 Å². The number of carbonyl (C=O) groups is 3. The number of benzene rings is 1. The van der Waals surface area contributed by atoms with Gasteiger partial charge in [0.1, 0.15) is 6.54 Å². The summed E-state index contributed by atoms with van der Waals surface area (Å²) in [6.45, 7) is 0.794. The molecule has 0 aliphatic heterocycles. The van der Waals surface area contributed by atoms with Gasteiger partial charge >= 0.3 is 16.9 Å². The number of esters is 1. The van der Waals surface area contributed by atoms with Gasteiger partial charge in [-0.25, -0.2) is 4.79 Å². The number of ether oxygens (including phenoxy) is 1. The average Bonchev–Trinajstić information content (AvgIpc) is 2.85. The number of hydrogen-bond donors (Lipinski definition) is 2. The predicted octanol–water partition coefficient (Wildman–Crippen LogP) is 1.11. The number of nitrogens with one attached hydrogen (secondary N) is 2. The topological polar surface area (TPSA) is 106 Å². The number of para-hydroxylation sites is 1. The summed E-state index contributed by atoms with van der Waals surface area (Å²) >= 11 is 0.974. The lowest BCUT2D eigenvalue weighted by molar-refractivity contribution is -0.148. The fraction of sp³-hybridized carbons (Fsp3) is 0.200. The molecule has 0 unspecified atom stereocenters. The molecule has 0 bridgehead atoms. The normalized spacial score (nSPS) is 10.0. The molecule has 1 aromatic carbocycles. The summed E-state index contributed by atoms with van der Waals surface area (Å²) < 4.78 is 6.00. The van der Waals surface area contributed by atoms with Crippen molar-refractivity contribution in [3.05, 3.63) is 51.1 Å². The summed E-state index contributed by atoms with van der Waals surface area (Å²) in [4.78, 5) is 46.0.